The summed E-state index contributed by atoms with van der Waals surface area (Å²) < 4.78 is 98.7. The van der Waals surface area contributed by atoms with Gasteiger partial charge in [-0.05, 0) is 54.4 Å². The molecular weight excluding hydrogens is 479 g/mol. The average Bonchev–Trinajstić information content (AvgIpc) is 2.78. The fraction of sp³-hybridized carbons (Fsp3) is 0.280. The fourth-order valence-corrected chi connectivity index (χ4v) is 3.36. The Morgan fingerprint density at radius 2 is 1.54 bits per heavy atom. The van der Waals surface area contributed by atoms with Gasteiger partial charge in [0.05, 0.1) is 12.1 Å². The third-order valence-electron chi connectivity index (χ3n) is 5.23. The third kappa shape index (κ3) is 7.11. The quantitative estimate of drug-likeness (QED) is 0.334. The molecule has 0 spiro atoms. The zero-order valence-corrected chi connectivity index (χ0v) is 18.5. The molecule has 0 aliphatic carbocycles. The lowest BCUT2D eigenvalue weighted by atomic mass is 10.1. The van der Waals surface area contributed by atoms with Crippen molar-refractivity contribution in [1.29, 1.82) is 0 Å². The molecule has 0 aliphatic rings. The lowest BCUT2D eigenvalue weighted by molar-refractivity contribution is -0.200. The Labute approximate surface area is 197 Å². The van der Waals surface area contributed by atoms with Crippen molar-refractivity contribution in [3.63, 3.8) is 0 Å². The van der Waals surface area contributed by atoms with Crippen molar-refractivity contribution < 1.29 is 40.6 Å². The highest BCUT2D eigenvalue weighted by Crippen LogP contribution is 2.33. The molecule has 35 heavy (non-hydrogen) atoms. The molecule has 0 saturated heterocycles. The summed E-state index contributed by atoms with van der Waals surface area (Å²) in [6.45, 7) is 0.266. The molecule has 0 radical (unpaired) electrons. The Morgan fingerprint density at radius 1 is 0.886 bits per heavy atom. The van der Waals surface area contributed by atoms with Gasteiger partial charge in [0.15, 0.2) is 6.10 Å². The van der Waals surface area contributed by atoms with E-state index in [0.29, 0.717) is 23.9 Å². The van der Waals surface area contributed by atoms with Crippen LogP contribution in [0.1, 0.15) is 23.6 Å². The van der Waals surface area contributed by atoms with E-state index in [1.165, 1.54) is 18.2 Å². The number of aryl methyl sites for hydroxylation is 1. The number of benzene rings is 3. The molecule has 0 bridgehead atoms. The topological polar surface area (TPSA) is 32.7 Å². The standard InChI is InChI=1S/C25H22F7NO2/c1-2-16-5-3-7-20(11-16)35-21-8-4-6-19(13-21)33(15-23(34)25(30,31)32)14-17-12-18(24(27,28)29)9-10-22(17)26/h3-13,23,34H,2,14-15H2,1H3/t23-/m1/s1. The number of aliphatic hydroxyl groups is 1. The highest BCUT2D eigenvalue weighted by Gasteiger charge is 2.39. The number of nitrogens with zero attached hydrogens (tertiary/aromatic N) is 1. The molecule has 3 aromatic rings. The molecule has 0 saturated carbocycles. The summed E-state index contributed by atoms with van der Waals surface area (Å²) in [5.74, 6) is -0.299. The van der Waals surface area contributed by atoms with Crippen molar-refractivity contribution in [2.75, 3.05) is 11.4 Å². The van der Waals surface area contributed by atoms with Gasteiger partial charge in [0.1, 0.15) is 17.3 Å². The first-order valence-corrected chi connectivity index (χ1v) is 10.6. The zero-order valence-electron chi connectivity index (χ0n) is 18.5. The van der Waals surface area contributed by atoms with Crippen LogP contribution in [0.2, 0.25) is 0 Å². The molecule has 3 nitrogen and oxygen atoms in total. The van der Waals surface area contributed by atoms with Gasteiger partial charge in [-0.1, -0.05) is 25.1 Å². The van der Waals surface area contributed by atoms with Crippen LogP contribution >= 0.6 is 0 Å². The summed E-state index contributed by atoms with van der Waals surface area (Å²) in [5, 5.41) is 9.64. The molecule has 3 aromatic carbocycles. The predicted molar refractivity (Wildman–Crippen MR) is 117 cm³/mol. The predicted octanol–water partition coefficient (Wildman–Crippen LogP) is 7.13. The first kappa shape index (κ1) is 26.3. The van der Waals surface area contributed by atoms with Gasteiger partial charge in [0, 0.05) is 23.9 Å². The second kappa shape index (κ2) is 10.6. The highest BCUT2D eigenvalue weighted by atomic mass is 19.4. The van der Waals surface area contributed by atoms with Crippen molar-refractivity contribution in [1.82, 2.24) is 0 Å². The second-order valence-corrected chi connectivity index (χ2v) is 7.84. The van der Waals surface area contributed by atoms with Crippen LogP contribution in [0.4, 0.5) is 36.4 Å². The van der Waals surface area contributed by atoms with Crippen LogP contribution in [0, 0.1) is 5.82 Å². The van der Waals surface area contributed by atoms with E-state index in [2.05, 4.69) is 0 Å². The molecule has 0 aromatic heterocycles. The maximum Gasteiger partial charge on any atom is 0.416 e. The summed E-state index contributed by atoms with van der Waals surface area (Å²) in [7, 11) is 0. The van der Waals surface area contributed by atoms with Gasteiger partial charge < -0.3 is 14.7 Å². The Hall–Kier alpha value is -3.27. The van der Waals surface area contributed by atoms with Crippen molar-refractivity contribution in [2.45, 2.75) is 38.3 Å². The number of hydrogen-bond donors (Lipinski definition) is 1. The first-order chi connectivity index (χ1) is 16.4. The van der Waals surface area contributed by atoms with Gasteiger partial charge >= 0.3 is 12.4 Å². The Kier molecular flexibility index (Phi) is 7.94. The number of ether oxygens (including phenoxy) is 1. The van der Waals surface area contributed by atoms with E-state index in [1.54, 1.807) is 24.3 Å². The van der Waals surface area contributed by atoms with Crippen molar-refractivity contribution in [2.24, 2.45) is 0 Å². The summed E-state index contributed by atoms with van der Waals surface area (Å²) in [6.07, 6.45) is -11.8. The van der Waals surface area contributed by atoms with Crippen LogP contribution in [0.3, 0.4) is 0 Å². The number of halogens is 7. The number of hydrogen-bond acceptors (Lipinski definition) is 3. The number of alkyl halides is 6. The van der Waals surface area contributed by atoms with Gasteiger partial charge in [-0.3, -0.25) is 0 Å². The molecule has 0 unspecified atom stereocenters. The van der Waals surface area contributed by atoms with Crippen LogP contribution in [-0.4, -0.2) is 23.9 Å². The largest absolute Gasteiger partial charge is 0.457 e. The maximum absolute atomic E-state index is 14.3. The first-order valence-electron chi connectivity index (χ1n) is 10.6. The van der Waals surface area contributed by atoms with Crippen molar-refractivity contribution in [3.05, 3.63) is 89.2 Å². The van der Waals surface area contributed by atoms with E-state index in [0.717, 1.165) is 16.9 Å². The van der Waals surface area contributed by atoms with Gasteiger partial charge in [0.2, 0.25) is 0 Å². The SMILES string of the molecule is CCc1cccc(Oc2cccc(N(Cc3cc(C(F)(F)F)ccc3F)C[C@@H](O)C(F)(F)F)c2)c1. The minimum absolute atomic E-state index is 0.0919. The molecule has 3 rings (SSSR count). The van der Waals surface area contributed by atoms with Gasteiger partial charge in [-0.2, -0.15) is 26.3 Å². The maximum atomic E-state index is 14.3. The zero-order chi connectivity index (χ0) is 25.8. The fourth-order valence-electron chi connectivity index (χ4n) is 3.36. The van der Waals surface area contributed by atoms with E-state index in [-0.39, 0.29) is 11.4 Å². The minimum Gasteiger partial charge on any atom is -0.457 e. The van der Waals surface area contributed by atoms with Crippen LogP contribution in [0.25, 0.3) is 0 Å². The van der Waals surface area contributed by atoms with E-state index in [1.807, 2.05) is 13.0 Å². The molecular formula is C25H22F7NO2. The van der Waals surface area contributed by atoms with Gasteiger partial charge in [-0.25, -0.2) is 4.39 Å². The monoisotopic (exact) mass is 501 g/mol. The van der Waals surface area contributed by atoms with Crippen molar-refractivity contribution >= 4 is 5.69 Å². The number of aliphatic hydroxyl groups excluding tert-OH is 1. The summed E-state index contributed by atoms with van der Waals surface area (Å²) in [5.41, 5.74) is -0.530. The minimum atomic E-state index is -4.99. The normalized spacial score (nSPS) is 12.9. The molecule has 0 fully saturated rings. The smallest absolute Gasteiger partial charge is 0.416 e. The van der Waals surface area contributed by atoms with E-state index < -0.39 is 48.5 Å². The molecule has 1 atom stereocenters. The molecule has 188 valence electrons. The average molecular weight is 501 g/mol. The molecule has 0 amide bonds. The summed E-state index contributed by atoms with van der Waals surface area (Å²) in [4.78, 5) is 0.950. The van der Waals surface area contributed by atoms with Crippen molar-refractivity contribution in [3.8, 4) is 11.5 Å². The van der Waals surface area contributed by atoms with Gasteiger partial charge in [0.25, 0.3) is 0 Å². The van der Waals surface area contributed by atoms with Crippen LogP contribution in [0.5, 0.6) is 11.5 Å². The number of rotatable bonds is 8. The second-order valence-electron chi connectivity index (χ2n) is 7.84. The van der Waals surface area contributed by atoms with E-state index in [4.69, 9.17) is 4.74 Å². The highest BCUT2D eigenvalue weighted by molar-refractivity contribution is 5.52. The molecule has 10 heteroatoms. The van der Waals surface area contributed by atoms with E-state index >= 15 is 0 Å². The van der Waals surface area contributed by atoms with Crippen LogP contribution in [-0.2, 0) is 19.1 Å². The Balaban J connectivity index is 1.95. The third-order valence-corrected chi connectivity index (χ3v) is 5.23. The van der Waals surface area contributed by atoms with Crippen LogP contribution < -0.4 is 9.64 Å². The lowest BCUT2D eigenvalue weighted by Gasteiger charge is -2.29. The summed E-state index contributed by atoms with van der Waals surface area (Å²) in [6, 6.07) is 14.6. The number of anilines is 1. The molecule has 0 aliphatic heterocycles. The lowest BCUT2D eigenvalue weighted by Crippen LogP contribution is -2.41. The molecule has 1 N–H and O–H groups in total. The molecule has 0 heterocycles. The summed E-state index contributed by atoms with van der Waals surface area (Å²) >= 11 is 0. The Bertz CT molecular complexity index is 1150. The van der Waals surface area contributed by atoms with E-state index in [9.17, 15) is 35.8 Å². The Morgan fingerprint density at radius 3 is 2.17 bits per heavy atom. The van der Waals surface area contributed by atoms with Crippen LogP contribution in [0.15, 0.2) is 66.7 Å². The van der Waals surface area contributed by atoms with Gasteiger partial charge in [-0.15, -0.1) is 0 Å².